The van der Waals surface area contributed by atoms with E-state index in [9.17, 15) is 0 Å². The van der Waals surface area contributed by atoms with Crippen molar-refractivity contribution in [2.45, 2.75) is 26.7 Å². The van der Waals surface area contributed by atoms with Crippen LogP contribution in [0.5, 0.6) is 0 Å². The molecule has 0 unspecified atom stereocenters. The quantitative estimate of drug-likeness (QED) is 0.410. The summed E-state index contributed by atoms with van der Waals surface area (Å²) >= 11 is 0. The van der Waals surface area contributed by atoms with E-state index < -0.39 is 0 Å². The molecule has 0 atom stereocenters. The summed E-state index contributed by atoms with van der Waals surface area (Å²) in [4.78, 5) is 0. The van der Waals surface area contributed by atoms with Crippen molar-refractivity contribution >= 4 is 0 Å². The molecule has 0 radical (unpaired) electrons. The average Bonchev–Trinajstić information content (AvgIpc) is 1.39. The smallest absolute Gasteiger partial charge is 0.870 e. The Morgan fingerprint density at radius 3 is 0.889 bits per heavy atom. The summed E-state index contributed by atoms with van der Waals surface area (Å²) < 4.78 is 0. The Kier molecular flexibility index (Phi) is 269. The van der Waals surface area contributed by atoms with Crippen LogP contribution in [-0.2, 0) is 21.7 Å². The molecule has 2 N–H and O–H groups in total. The average molecular weight is 168 g/mol. The predicted molar refractivity (Wildman–Crippen MR) is 35.2 cm³/mol. The van der Waals surface area contributed by atoms with Gasteiger partial charge in [-0.2, -0.15) is 12.8 Å². The summed E-state index contributed by atoms with van der Waals surface area (Å²) in [5.74, 6) is 0. The van der Waals surface area contributed by atoms with Gasteiger partial charge in [0.15, 0.2) is 0 Å². The van der Waals surface area contributed by atoms with Crippen LogP contribution in [0.25, 0.3) is 0 Å². The monoisotopic (exact) mass is 168 g/mol. The van der Waals surface area contributed by atoms with E-state index in [0.29, 0.717) is 0 Å². The topological polar surface area (TPSA) is 60.0 Å². The van der Waals surface area contributed by atoms with Gasteiger partial charge in [-0.3, -0.25) is 0 Å². The molecule has 9 heavy (non-hydrogen) atoms. The maximum Gasteiger partial charge on any atom is 4.00 e. The third kappa shape index (κ3) is 945. The van der Waals surface area contributed by atoms with Gasteiger partial charge in [-0.15, -0.1) is 0 Å². The minimum absolute atomic E-state index is 0. The maximum atomic E-state index is 3.49. The maximum absolute atomic E-state index is 3.49. The van der Waals surface area contributed by atoms with Crippen molar-refractivity contribution in [1.29, 1.82) is 0 Å². The first-order valence-corrected chi connectivity index (χ1v) is 2.41. The zero-order chi connectivity index (χ0) is 5.41. The van der Waals surface area contributed by atoms with Gasteiger partial charge in [0.25, 0.3) is 0 Å². The van der Waals surface area contributed by atoms with Crippen LogP contribution in [0.2, 0.25) is 0 Å². The third-order valence-electron chi connectivity index (χ3n) is 0. The first kappa shape index (κ1) is 33.4. The van der Waals surface area contributed by atoms with E-state index in [1.54, 1.807) is 0 Å². The Morgan fingerprint density at radius 1 is 0.889 bits per heavy atom. The van der Waals surface area contributed by atoms with Crippen molar-refractivity contribution in [3.05, 3.63) is 13.8 Å². The standard InChI is InChI=1S/2C3H7.2H2O.Ti/c2*1-3-2;;;/h2*1,3H2,2H3;2*1H2;/q2*-1;;;+4/p-2. The molecule has 0 aliphatic heterocycles. The molecule has 0 heterocycles. The molecule has 56 valence electrons. The number of hydrogen-bond donors (Lipinski definition) is 0. The van der Waals surface area contributed by atoms with Crippen molar-refractivity contribution in [1.82, 2.24) is 0 Å². The van der Waals surface area contributed by atoms with Gasteiger partial charge >= 0.3 is 21.7 Å². The Bertz CT molecular complexity index is 13.0. The molecule has 0 aromatic heterocycles. The van der Waals surface area contributed by atoms with E-state index in [2.05, 4.69) is 13.8 Å². The zero-order valence-corrected chi connectivity index (χ0v) is 7.78. The molecule has 0 saturated carbocycles. The first-order valence-electron chi connectivity index (χ1n) is 2.41. The summed E-state index contributed by atoms with van der Waals surface area (Å²) in [5, 5.41) is 0. The Balaban J connectivity index is -0.00000000889. The Hall–Kier alpha value is 0.634. The van der Waals surface area contributed by atoms with Crippen LogP contribution >= 0.6 is 0 Å². The van der Waals surface area contributed by atoms with Crippen LogP contribution in [-0.4, -0.2) is 11.0 Å². The van der Waals surface area contributed by atoms with Crippen molar-refractivity contribution in [2.24, 2.45) is 0 Å². The minimum atomic E-state index is 0. The molecule has 0 amide bonds. The summed E-state index contributed by atoms with van der Waals surface area (Å²) in [7, 11) is 0. The molecular weight excluding hydrogens is 152 g/mol. The van der Waals surface area contributed by atoms with E-state index in [4.69, 9.17) is 0 Å². The fourth-order valence-electron chi connectivity index (χ4n) is 0. The molecule has 2 nitrogen and oxygen atoms in total. The van der Waals surface area contributed by atoms with Crippen molar-refractivity contribution in [2.75, 3.05) is 0 Å². The van der Waals surface area contributed by atoms with Crippen LogP contribution < -0.4 is 0 Å². The number of hydrogen-bond acceptors (Lipinski definition) is 2. The van der Waals surface area contributed by atoms with Gasteiger partial charge in [-0.25, -0.2) is 0 Å². The summed E-state index contributed by atoms with van der Waals surface area (Å²) in [6.45, 7) is 11.0. The molecule has 0 saturated heterocycles. The largest absolute Gasteiger partial charge is 4.00 e. The van der Waals surface area contributed by atoms with Gasteiger partial charge < -0.3 is 24.8 Å². The molecule has 0 aliphatic carbocycles. The molecular formula is C6H16O2Ti. The van der Waals surface area contributed by atoms with Crippen molar-refractivity contribution < 1.29 is 32.7 Å². The molecule has 0 aliphatic rings. The van der Waals surface area contributed by atoms with Gasteiger partial charge in [0, 0.05) is 0 Å². The minimum Gasteiger partial charge on any atom is -0.870 e. The Morgan fingerprint density at radius 2 is 0.889 bits per heavy atom. The van der Waals surface area contributed by atoms with E-state index in [1.165, 1.54) is 0 Å². The normalized spacial score (nSPS) is 4.00. The van der Waals surface area contributed by atoms with Gasteiger partial charge in [0.2, 0.25) is 0 Å². The fraction of sp³-hybridized carbons (Fsp3) is 0.667. The Labute approximate surface area is 73.5 Å². The fourth-order valence-corrected chi connectivity index (χ4v) is 0. The van der Waals surface area contributed by atoms with Gasteiger partial charge in [0.1, 0.15) is 0 Å². The van der Waals surface area contributed by atoms with Gasteiger partial charge in [0.05, 0.1) is 0 Å². The summed E-state index contributed by atoms with van der Waals surface area (Å²) in [6, 6.07) is 0. The third-order valence-corrected chi connectivity index (χ3v) is 0. The van der Waals surface area contributed by atoms with Crippen LogP contribution in [0.15, 0.2) is 0 Å². The van der Waals surface area contributed by atoms with E-state index >= 15 is 0 Å². The van der Waals surface area contributed by atoms with Crippen LogP contribution in [0.3, 0.4) is 0 Å². The second-order valence-electron chi connectivity index (χ2n) is 1.000. The van der Waals surface area contributed by atoms with Gasteiger partial charge in [-0.1, -0.05) is 13.8 Å². The van der Waals surface area contributed by atoms with Crippen LogP contribution in [0.4, 0.5) is 0 Å². The van der Waals surface area contributed by atoms with Crippen molar-refractivity contribution in [3.8, 4) is 0 Å². The summed E-state index contributed by atoms with van der Waals surface area (Å²) in [5.41, 5.74) is 0. The molecule has 0 spiro atoms. The molecule has 0 bridgehead atoms. The molecule has 3 heteroatoms. The SMILES string of the molecule is [CH2-]CC.[CH2-]CC.[OH-].[OH-].[Ti+4]. The molecule has 0 rings (SSSR count). The zero-order valence-electron chi connectivity index (χ0n) is 6.22. The first-order chi connectivity index (χ1) is 2.83. The molecule has 0 fully saturated rings. The van der Waals surface area contributed by atoms with Gasteiger partial charge in [-0.05, 0) is 0 Å². The van der Waals surface area contributed by atoms with E-state index in [0.717, 1.165) is 12.8 Å². The van der Waals surface area contributed by atoms with Crippen LogP contribution in [0.1, 0.15) is 26.7 Å². The summed E-state index contributed by atoms with van der Waals surface area (Å²) in [6.07, 6.45) is 2.00. The number of rotatable bonds is 0. The van der Waals surface area contributed by atoms with E-state index in [1.807, 2.05) is 13.8 Å². The van der Waals surface area contributed by atoms with Crippen LogP contribution in [0, 0.1) is 13.8 Å². The second kappa shape index (κ2) is 72.5. The predicted octanol–water partition coefficient (Wildman–Crippen LogP) is 2.10. The molecule has 0 aromatic rings. The second-order valence-corrected chi connectivity index (χ2v) is 1.000. The van der Waals surface area contributed by atoms with E-state index in [-0.39, 0.29) is 32.7 Å². The van der Waals surface area contributed by atoms with Crippen molar-refractivity contribution in [3.63, 3.8) is 0 Å². The molecule has 0 aromatic carbocycles.